The summed E-state index contributed by atoms with van der Waals surface area (Å²) in [6, 6.07) is 17.5. The van der Waals surface area contributed by atoms with Crippen LogP contribution in [-0.4, -0.2) is 32.0 Å². The zero-order valence-corrected chi connectivity index (χ0v) is 27.4. The van der Waals surface area contributed by atoms with Crippen LogP contribution < -0.4 is 9.80 Å². The van der Waals surface area contributed by atoms with Crippen molar-refractivity contribution in [3.05, 3.63) is 113 Å². The lowest BCUT2D eigenvalue weighted by atomic mass is 10.1. The fourth-order valence-corrected chi connectivity index (χ4v) is 7.98. The highest BCUT2D eigenvalue weighted by Crippen LogP contribution is 2.46. The molecule has 0 saturated heterocycles. The monoisotopic (exact) mass is 820 g/mol. The number of para-hydroxylation sites is 1. The summed E-state index contributed by atoms with van der Waals surface area (Å²) >= 11 is 13.3. The first kappa shape index (κ1) is 28.2. The maximum atomic E-state index is 14.0. The van der Waals surface area contributed by atoms with Gasteiger partial charge in [0.05, 0.1) is 43.4 Å². The van der Waals surface area contributed by atoms with Crippen molar-refractivity contribution in [1.82, 2.24) is 0 Å². The second kappa shape index (κ2) is 10.1. The molecule has 204 valence electrons. The van der Waals surface area contributed by atoms with Gasteiger partial charge in [0.1, 0.15) is 0 Å². The molecular formula is C28H12Br4N2O6S. The van der Waals surface area contributed by atoms with Gasteiger partial charge in [0.25, 0.3) is 23.6 Å². The number of carbonyl (C=O) groups excluding carboxylic acids is 4. The molecule has 0 fully saturated rings. The van der Waals surface area contributed by atoms with Crippen LogP contribution in [0.25, 0.3) is 0 Å². The van der Waals surface area contributed by atoms with Crippen molar-refractivity contribution in [3.63, 3.8) is 0 Å². The molecule has 2 heterocycles. The van der Waals surface area contributed by atoms with Crippen LogP contribution in [0.15, 0.2) is 100 Å². The lowest BCUT2D eigenvalue weighted by molar-refractivity contribution is 0.0903. The molecule has 2 aliphatic heterocycles. The Balaban J connectivity index is 1.65. The number of hydrogen-bond acceptors (Lipinski definition) is 6. The van der Waals surface area contributed by atoms with E-state index < -0.39 is 44.0 Å². The highest BCUT2D eigenvalue weighted by molar-refractivity contribution is 9.13. The highest BCUT2D eigenvalue weighted by Gasteiger charge is 2.46. The van der Waals surface area contributed by atoms with Crippen molar-refractivity contribution in [3.8, 4) is 0 Å². The minimum Gasteiger partial charge on any atom is -0.268 e. The average Bonchev–Trinajstić information content (AvgIpc) is 3.36. The average molecular weight is 824 g/mol. The zero-order valence-electron chi connectivity index (χ0n) is 20.2. The van der Waals surface area contributed by atoms with Crippen LogP contribution in [0.1, 0.15) is 41.4 Å². The molecule has 4 aromatic carbocycles. The number of benzene rings is 4. The third kappa shape index (κ3) is 4.12. The standard InChI is InChI=1S/C28H12Br4N2O6S/c29-16-11-9-14-20(22(16)31)27(37)33(25(14)35)18-7-4-8-19(41(39,40)13-5-2-1-3-6-13)24(18)34-26(36)15-10-12-17(30)23(32)21(15)28(34)38/h1-12H. The number of imide groups is 2. The number of rotatable bonds is 4. The molecule has 6 rings (SSSR count). The van der Waals surface area contributed by atoms with E-state index >= 15 is 0 Å². The van der Waals surface area contributed by atoms with Crippen molar-refractivity contribution in [1.29, 1.82) is 0 Å². The van der Waals surface area contributed by atoms with Gasteiger partial charge in [-0.2, -0.15) is 0 Å². The second-order valence-electron chi connectivity index (χ2n) is 8.90. The van der Waals surface area contributed by atoms with E-state index in [4.69, 9.17) is 0 Å². The molecule has 8 nitrogen and oxygen atoms in total. The summed E-state index contributed by atoms with van der Waals surface area (Å²) in [5, 5.41) is 0. The third-order valence-corrected chi connectivity index (χ3v) is 12.5. The predicted octanol–water partition coefficient (Wildman–Crippen LogP) is 7.17. The summed E-state index contributed by atoms with van der Waals surface area (Å²) in [5.74, 6) is -3.13. The highest BCUT2D eigenvalue weighted by atomic mass is 79.9. The molecule has 4 aromatic rings. The lowest BCUT2D eigenvalue weighted by Crippen LogP contribution is -2.36. The molecule has 0 N–H and O–H groups in total. The summed E-state index contributed by atoms with van der Waals surface area (Å²) in [7, 11) is -4.36. The number of nitrogens with zero attached hydrogens (tertiary/aromatic N) is 2. The Bertz CT molecular complexity index is 2000. The number of hydrogen-bond donors (Lipinski definition) is 0. The molecule has 0 bridgehead atoms. The SMILES string of the molecule is O=C1c2ccc(Br)c(Br)c2C(=O)N1c1cccc(S(=O)(=O)c2ccccc2)c1N1C(=O)c2ccc(Br)c(Br)c2C1=O. The molecule has 0 saturated carbocycles. The maximum Gasteiger partial charge on any atom is 0.267 e. The fraction of sp³-hybridized carbons (Fsp3) is 0. The lowest BCUT2D eigenvalue weighted by Gasteiger charge is -2.25. The Morgan fingerprint density at radius 2 is 1.05 bits per heavy atom. The second-order valence-corrected chi connectivity index (χ2v) is 14.1. The van der Waals surface area contributed by atoms with Gasteiger partial charge >= 0.3 is 0 Å². The van der Waals surface area contributed by atoms with Crippen LogP contribution in [0.3, 0.4) is 0 Å². The van der Waals surface area contributed by atoms with Crippen molar-refractivity contribution < 1.29 is 27.6 Å². The van der Waals surface area contributed by atoms with E-state index in [0.717, 1.165) is 4.90 Å². The molecule has 4 amide bonds. The molecule has 0 radical (unpaired) electrons. The Hall–Kier alpha value is -2.97. The van der Waals surface area contributed by atoms with Crippen LogP contribution in [0.2, 0.25) is 0 Å². The Labute approximate surface area is 266 Å². The number of fused-ring (bicyclic) bond motifs is 2. The number of anilines is 2. The van der Waals surface area contributed by atoms with Crippen LogP contribution in [0.4, 0.5) is 11.4 Å². The van der Waals surface area contributed by atoms with Gasteiger partial charge < -0.3 is 0 Å². The van der Waals surface area contributed by atoms with Gasteiger partial charge in [-0.05, 0) is 112 Å². The quantitative estimate of drug-likeness (QED) is 0.202. The van der Waals surface area contributed by atoms with Crippen molar-refractivity contribution >= 4 is 109 Å². The number of halogens is 4. The van der Waals surface area contributed by atoms with Crippen molar-refractivity contribution in [2.45, 2.75) is 9.79 Å². The normalized spacial score (nSPS) is 14.6. The largest absolute Gasteiger partial charge is 0.268 e. The molecule has 0 atom stereocenters. The first-order valence-corrected chi connectivity index (χ1v) is 16.3. The van der Waals surface area contributed by atoms with Gasteiger partial charge in [-0.3, -0.25) is 19.2 Å². The van der Waals surface area contributed by atoms with Crippen LogP contribution in [0, 0.1) is 0 Å². The topological polar surface area (TPSA) is 109 Å². The van der Waals surface area contributed by atoms with E-state index in [1.54, 1.807) is 18.2 Å². The molecule has 0 aliphatic carbocycles. The first-order valence-electron chi connectivity index (χ1n) is 11.6. The minimum atomic E-state index is -4.36. The van der Waals surface area contributed by atoms with Crippen LogP contribution in [0.5, 0.6) is 0 Å². The van der Waals surface area contributed by atoms with Gasteiger partial charge in [-0.15, -0.1) is 0 Å². The van der Waals surface area contributed by atoms with Crippen LogP contribution in [-0.2, 0) is 9.84 Å². The first-order chi connectivity index (χ1) is 19.5. The molecule has 13 heteroatoms. The van der Waals surface area contributed by atoms with Gasteiger partial charge in [0, 0.05) is 17.9 Å². The summed E-state index contributed by atoms with van der Waals surface area (Å²) < 4.78 is 29.7. The summed E-state index contributed by atoms with van der Waals surface area (Å²) in [6.45, 7) is 0. The van der Waals surface area contributed by atoms with Gasteiger partial charge in [-0.1, -0.05) is 24.3 Å². The van der Waals surface area contributed by atoms with Crippen LogP contribution >= 0.6 is 63.7 Å². The van der Waals surface area contributed by atoms with Crippen molar-refractivity contribution in [2.75, 3.05) is 9.80 Å². The Morgan fingerprint density at radius 3 is 1.61 bits per heavy atom. The molecule has 0 spiro atoms. The van der Waals surface area contributed by atoms with E-state index in [9.17, 15) is 27.6 Å². The summed E-state index contributed by atoms with van der Waals surface area (Å²) in [6.07, 6.45) is 0. The molecule has 2 aliphatic rings. The maximum absolute atomic E-state index is 14.0. The Kier molecular flexibility index (Phi) is 6.93. The van der Waals surface area contributed by atoms with E-state index in [0.29, 0.717) is 22.8 Å². The zero-order chi connectivity index (χ0) is 29.4. The minimum absolute atomic E-state index is 0.0104. The predicted molar refractivity (Wildman–Crippen MR) is 164 cm³/mol. The molecule has 0 unspecified atom stereocenters. The van der Waals surface area contributed by atoms with Crippen molar-refractivity contribution in [2.24, 2.45) is 0 Å². The fourth-order valence-electron chi connectivity index (χ4n) is 4.81. The van der Waals surface area contributed by atoms with E-state index in [2.05, 4.69) is 63.7 Å². The number of carbonyl (C=O) groups is 4. The molecule has 0 aromatic heterocycles. The summed E-state index contributed by atoms with van der Waals surface area (Å²) in [4.78, 5) is 56.1. The molecule has 41 heavy (non-hydrogen) atoms. The molecular weight excluding hydrogens is 812 g/mol. The summed E-state index contributed by atoms with van der Waals surface area (Å²) in [5.41, 5.74) is -0.480. The van der Waals surface area contributed by atoms with Gasteiger partial charge in [-0.25, -0.2) is 18.2 Å². The smallest absolute Gasteiger partial charge is 0.267 e. The van der Waals surface area contributed by atoms with E-state index in [1.165, 1.54) is 54.6 Å². The van der Waals surface area contributed by atoms with Gasteiger partial charge in [0.2, 0.25) is 9.84 Å². The number of sulfone groups is 1. The Morgan fingerprint density at radius 1 is 0.537 bits per heavy atom. The van der Waals surface area contributed by atoms with Gasteiger partial charge in [0.15, 0.2) is 0 Å². The van der Waals surface area contributed by atoms with E-state index in [1.807, 2.05) is 0 Å². The van der Waals surface area contributed by atoms with E-state index in [-0.39, 0.29) is 32.8 Å². The number of amides is 4. The third-order valence-electron chi connectivity index (χ3n) is 6.68.